The van der Waals surface area contributed by atoms with Gasteiger partial charge in [-0.2, -0.15) is 0 Å². The van der Waals surface area contributed by atoms with Gasteiger partial charge >= 0.3 is 5.97 Å². The molecule has 156 valence electrons. The number of amides is 1. The zero-order chi connectivity index (χ0) is 20.4. The monoisotopic (exact) mass is 417 g/mol. The molecule has 1 aliphatic heterocycles. The Labute approximate surface area is 176 Å². The van der Waals surface area contributed by atoms with E-state index in [0.717, 1.165) is 37.8 Å². The number of rotatable bonds is 3. The van der Waals surface area contributed by atoms with Gasteiger partial charge in [0.05, 0.1) is 22.2 Å². The van der Waals surface area contributed by atoms with Gasteiger partial charge in [-0.1, -0.05) is 11.6 Å². The molecular weight excluding hydrogens is 390 g/mol. The number of carboxylic acid groups (broad SMARTS) is 1. The van der Waals surface area contributed by atoms with E-state index in [1.54, 1.807) is 6.07 Å². The largest absolute Gasteiger partial charge is 0.481 e. The Morgan fingerprint density at radius 1 is 1.03 bits per heavy atom. The van der Waals surface area contributed by atoms with Crippen molar-refractivity contribution in [1.29, 1.82) is 0 Å². The number of benzene rings is 1. The molecule has 3 N–H and O–H groups in total. The zero-order valence-corrected chi connectivity index (χ0v) is 17.3. The predicted molar refractivity (Wildman–Crippen MR) is 112 cm³/mol. The van der Waals surface area contributed by atoms with E-state index in [9.17, 15) is 14.7 Å². The lowest BCUT2D eigenvalue weighted by Gasteiger charge is -2.60. The fraction of sp³-hybridized carbons (Fsp3) is 0.636. The molecule has 4 saturated carbocycles. The van der Waals surface area contributed by atoms with Crippen molar-refractivity contribution in [3.8, 4) is 0 Å². The molecule has 5 aliphatic rings. The minimum absolute atomic E-state index is 0.191. The van der Waals surface area contributed by atoms with E-state index in [4.69, 9.17) is 17.3 Å². The van der Waals surface area contributed by atoms with Crippen LogP contribution < -0.4 is 10.6 Å². The average molecular weight is 418 g/mol. The third kappa shape index (κ3) is 2.98. The van der Waals surface area contributed by atoms with Gasteiger partial charge in [-0.05, 0) is 68.6 Å². The van der Waals surface area contributed by atoms with Crippen LogP contribution in [0.25, 0.3) is 0 Å². The Balaban J connectivity index is 1.32. The number of nitrogens with two attached hydrogens (primary N) is 1. The van der Waals surface area contributed by atoms with Crippen LogP contribution in [0.4, 0.5) is 11.4 Å². The predicted octanol–water partition coefficient (Wildman–Crippen LogP) is 3.24. The first-order valence-electron chi connectivity index (χ1n) is 10.6. The maximum absolute atomic E-state index is 13.6. The molecular formula is C22H28ClN3O3. The van der Waals surface area contributed by atoms with Crippen molar-refractivity contribution in [2.75, 3.05) is 36.8 Å². The first kappa shape index (κ1) is 19.0. The van der Waals surface area contributed by atoms with Crippen LogP contribution >= 0.6 is 11.6 Å². The van der Waals surface area contributed by atoms with Crippen LogP contribution in [-0.4, -0.2) is 48.1 Å². The third-order valence-corrected chi connectivity index (χ3v) is 8.10. The Morgan fingerprint density at radius 3 is 2.28 bits per heavy atom. The van der Waals surface area contributed by atoms with Crippen molar-refractivity contribution in [1.82, 2.24) is 4.90 Å². The molecule has 0 aromatic heterocycles. The molecule has 1 aromatic rings. The standard InChI is InChI=1S/C22H28ClN3O3/c23-16-1-2-17(24)18(8-16)25-3-5-26(6-4-25)19(27)21-9-14-7-15(10-21)12-22(11-14,13-21)20(28)29/h1-2,8,14-15H,3-7,9-13,24H2,(H,28,29). The highest BCUT2D eigenvalue weighted by atomic mass is 35.5. The second kappa shape index (κ2) is 6.53. The fourth-order valence-electron chi connectivity index (χ4n) is 7.04. The molecule has 1 aromatic carbocycles. The fourth-order valence-corrected chi connectivity index (χ4v) is 7.21. The molecule has 4 aliphatic carbocycles. The molecule has 5 fully saturated rings. The van der Waals surface area contributed by atoms with E-state index < -0.39 is 16.8 Å². The number of carbonyl (C=O) groups is 2. The highest BCUT2D eigenvalue weighted by Crippen LogP contribution is 2.65. The van der Waals surface area contributed by atoms with Gasteiger partial charge in [-0.25, -0.2) is 0 Å². The van der Waals surface area contributed by atoms with Gasteiger partial charge in [0.1, 0.15) is 0 Å². The SMILES string of the molecule is Nc1ccc(Cl)cc1N1CCN(C(=O)C23CC4CC(CC(C(=O)O)(C4)C2)C3)CC1. The highest BCUT2D eigenvalue weighted by Gasteiger charge is 2.63. The number of nitrogens with zero attached hydrogens (tertiary/aromatic N) is 2. The number of anilines is 2. The molecule has 7 heteroatoms. The van der Waals surface area contributed by atoms with Gasteiger partial charge in [0, 0.05) is 31.2 Å². The molecule has 1 saturated heterocycles. The lowest BCUT2D eigenvalue weighted by atomic mass is 9.44. The van der Waals surface area contributed by atoms with Gasteiger partial charge in [0.2, 0.25) is 5.91 Å². The first-order chi connectivity index (χ1) is 13.8. The van der Waals surface area contributed by atoms with Crippen molar-refractivity contribution < 1.29 is 14.7 Å². The van der Waals surface area contributed by atoms with Crippen molar-refractivity contribution >= 4 is 34.9 Å². The minimum atomic E-state index is -0.690. The summed E-state index contributed by atoms with van der Waals surface area (Å²) in [5.74, 6) is 0.286. The molecule has 4 bridgehead atoms. The second-order valence-electron chi connectivity index (χ2n) is 9.81. The number of carbonyl (C=O) groups excluding carboxylic acids is 1. The molecule has 0 spiro atoms. The number of halogens is 1. The van der Waals surface area contributed by atoms with Crippen LogP contribution in [-0.2, 0) is 9.59 Å². The number of aliphatic carboxylic acids is 1. The Bertz CT molecular complexity index is 851. The maximum atomic E-state index is 13.6. The minimum Gasteiger partial charge on any atom is -0.481 e. The van der Waals surface area contributed by atoms with E-state index in [0.29, 0.717) is 55.1 Å². The van der Waals surface area contributed by atoms with E-state index in [2.05, 4.69) is 4.90 Å². The molecule has 6 rings (SSSR count). The Morgan fingerprint density at radius 2 is 1.66 bits per heavy atom. The molecule has 29 heavy (non-hydrogen) atoms. The summed E-state index contributed by atoms with van der Waals surface area (Å²) in [6, 6.07) is 5.48. The molecule has 0 radical (unpaired) electrons. The molecule has 1 amide bonds. The van der Waals surface area contributed by atoms with Gasteiger partial charge in [0.25, 0.3) is 0 Å². The molecule has 6 nitrogen and oxygen atoms in total. The summed E-state index contributed by atoms with van der Waals surface area (Å²) in [6.45, 7) is 2.70. The van der Waals surface area contributed by atoms with Crippen molar-refractivity contribution in [3.05, 3.63) is 23.2 Å². The Kier molecular flexibility index (Phi) is 4.28. The topological polar surface area (TPSA) is 86.9 Å². The van der Waals surface area contributed by atoms with Crippen molar-refractivity contribution in [2.45, 2.75) is 38.5 Å². The van der Waals surface area contributed by atoms with Gasteiger partial charge in [-0.3, -0.25) is 9.59 Å². The summed E-state index contributed by atoms with van der Waals surface area (Å²) in [4.78, 5) is 29.9. The number of hydrogen-bond acceptors (Lipinski definition) is 4. The van der Waals surface area contributed by atoms with E-state index in [1.165, 1.54) is 0 Å². The summed E-state index contributed by atoms with van der Waals surface area (Å²) in [7, 11) is 0. The van der Waals surface area contributed by atoms with Gasteiger partial charge < -0.3 is 20.6 Å². The third-order valence-electron chi connectivity index (χ3n) is 7.87. The summed E-state index contributed by atoms with van der Waals surface area (Å²) in [6.07, 6.45) is 4.90. The van der Waals surface area contributed by atoms with Crippen LogP contribution in [0.15, 0.2) is 18.2 Å². The molecule has 1 heterocycles. The average Bonchev–Trinajstić information content (AvgIpc) is 2.68. The number of carboxylic acids is 1. The second-order valence-corrected chi connectivity index (χ2v) is 10.2. The van der Waals surface area contributed by atoms with Crippen LogP contribution in [0.2, 0.25) is 5.02 Å². The zero-order valence-electron chi connectivity index (χ0n) is 16.6. The quantitative estimate of drug-likeness (QED) is 0.737. The lowest BCUT2D eigenvalue weighted by Crippen LogP contribution is -2.62. The Hall–Kier alpha value is -1.95. The van der Waals surface area contributed by atoms with Gasteiger partial charge in [-0.15, -0.1) is 0 Å². The van der Waals surface area contributed by atoms with E-state index >= 15 is 0 Å². The van der Waals surface area contributed by atoms with E-state index in [1.807, 2.05) is 17.0 Å². The first-order valence-corrected chi connectivity index (χ1v) is 11.0. The number of hydrogen-bond donors (Lipinski definition) is 2. The van der Waals surface area contributed by atoms with Crippen LogP contribution in [0.5, 0.6) is 0 Å². The van der Waals surface area contributed by atoms with E-state index in [-0.39, 0.29) is 5.91 Å². The van der Waals surface area contributed by atoms with Crippen LogP contribution in [0.1, 0.15) is 38.5 Å². The molecule has 2 atom stereocenters. The molecule has 2 unspecified atom stereocenters. The van der Waals surface area contributed by atoms with Crippen molar-refractivity contribution in [2.24, 2.45) is 22.7 Å². The number of piperazine rings is 1. The van der Waals surface area contributed by atoms with Crippen LogP contribution in [0.3, 0.4) is 0 Å². The number of nitrogen functional groups attached to an aromatic ring is 1. The van der Waals surface area contributed by atoms with Crippen LogP contribution in [0, 0.1) is 22.7 Å². The lowest BCUT2D eigenvalue weighted by molar-refractivity contribution is -0.183. The van der Waals surface area contributed by atoms with Crippen molar-refractivity contribution in [3.63, 3.8) is 0 Å². The summed E-state index contributed by atoms with van der Waals surface area (Å²) in [5, 5.41) is 10.6. The highest BCUT2D eigenvalue weighted by molar-refractivity contribution is 6.31. The smallest absolute Gasteiger partial charge is 0.309 e. The summed E-state index contributed by atoms with van der Waals surface area (Å²) < 4.78 is 0. The van der Waals surface area contributed by atoms with Gasteiger partial charge in [0.15, 0.2) is 0 Å². The summed E-state index contributed by atoms with van der Waals surface area (Å²) in [5.41, 5.74) is 6.61. The normalized spacial score (nSPS) is 35.8. The summed E-state index contributed by atoms with van der Waals surface area (Å²) >= 11 is 6.14. The maximum Gasteiger partial charge on any atom is 0.309 e.